The summed E-state index contributed by atoms with van der Waals surface area (Å²) in [6.07, 6.45) is 1.04. The molecule has 0 bridgehead atoms. The Hall–Kier alpha value is -2.13. The van der Waals surface area contributed by atoms with Crippen molar-refractivity contribution in [2.24, 2.45) is 5.92 Å². The predicted octanol–water partition coefficient (Wildman–Crippen LogP) is 1.17. The van der Waals surface area contributed by atoms with Crippen LogP contribution in [0.4, 0.5) is 0 Å². The molecule has 2 saturated heterocycles. The van der Waals surface area contributed by atoms with Crippen LogP contribution in [0.15, 0.2) is 29.2 Å². The van der Waals surface area contributed by atoms with E-state index < -0.39 is 21.9 Å². The zero-order valence-corrected chi connectivity index (χ0v) is 16.0. The van der Waals surface area contributed by atoms with Crippen molar-refractivity contribution in [3.05, 3.63) is 24.3 Å². The molecule has 148 valence electrons. The molecule has 0 aromatic heterocycles. The van der Waals surface area contributed by atoms with Gasteiger partial charge in [0.2, 0.25) is 15.9 Å². The molecule has 2 aliphatic heterocycles. The molecule has 8 nitrogen and oxygen atoms in total. The van der Waals surface area contributed by atoms with Crippen molar-refractivity contribution in [1.82, 2.24) is 9.21 Å². The van der Waals surface area contributed by atoms with Gasteiger partial charge in [-0.15, -0.1) is 0 Å². The minimum Gasteiger partial charge on any atom is -0.494 e. The molecule has 1 N–H and O–H groups in total. The van der Waals surface area contributed by atoms with Crippen LogP contribution in [0.25, 0.3) is 0 Å². The summed E-state index contributed by atoms with van der Waals surface area (Å²) in [5.74, 6) is -1.16. The van der Waals surface area contributed by atoms with Gasteiger partial charge in [-0.05, 0) is 44.0 Å². The van der Waals surface area contributed by atoms with Gasteiger partial charge in [-0.3, -0.25) is 9.59 Å². The average Bonchev–Trinajstić information content (AvgIpc) is 3.05. The Morgan fingerprint density at radius 1 is 1.22 bits per heavy atom. The van der Waals surface area contributed by atoms with Crippen LogP contribution in [0.3, 0.4) is 0 Å². The smallest absolute Gasteiger partial charge is 0.308 e. The Labute approximate surface area is 158 Å². The highest BCUT2D eigenvalue weighted by atomic mass is 32.2. The number of amides is 1. The number of carbonyl (C=O) groups excluding carboxylic acids is 1. The van der Waals surface area contributed by atoms with Crippen LogP contribution < -0.4 is 4.74 Å². The number of carboxylic acids is 1. The van der Waals surface area contributed by atoms with Gasteiger partial charge in [-0.25, -0.2) is 8.42 Å². The summed E-state index contributed by atoms with van der Waals surface area (Å²) in [5, 5.41) is 9.10. The maximum Gasteiger partial charge on any atom is 0.308 e. The van der Waals surface area contributed by atoms with Gasteiger partial charge in [0, 0.05) is 32.1 Å². The van der Waals surface area contributed by atoms with Crippen LogP contribution in [0, 0.1) is 5.92 Å². The normalized spacial score (nSPS) is 22.2. The van der Waals surface area contributed by atoms with Crippen molar-refractivity contribution >= 4 is 21.9 Å². The third-order valence-corrected chi connectivity index (χ3v) is 7.06. The fourth-order valence-electron chi connectivity index (χ4n) is 3.67. The molecule has 0 spiro atoms. The van der Waals surface area contributed by atoms with Gasteiger partial charge in [-0.1, -0.05) is 0 Å². The van der Waals surface area contributed by atoms with E-state index in [2.05, 4.69) is 0 Å². The molecule has 2 aliphatic rings. The number of carboxylic acid groups (broad SMARTS) is 1. The van der Waals surface area contributed by atoms with E-state index in [0.29, 0.717) is 38.3 Å². The highest BCUT2D eigenvalue weighted by Gasteiger charge is 2.40. The fourth-order valence-corrected chi connectivity index (χ4v) is 5.14. The second kappa shape index (κ2) is 7.85. The van der Waals surface area contributed by atoms with Crippen molar-refractivity contribution in [3.63, 3.8) is 0 Å². The van der Waals surface area contributed by atoms with Gasteiger partial charge < -0.3 is 14.7 Å². The molecule has 1 amide bonds. The fraction of sp³-hybridized carbons (Fsp3) is 0.556. The lowest BCUT2D eigenvalue weighted by molar-refractivity contribution is -0.141. The Morgan fingerprint density at radius 3 is 2.37 bits per heavy atom. The number of benzene rings is 1. The number of hydrogen-bond acceptors (Lipinski definition) is 5. The van der Waals surface area contributed by atoms with Crippen molar-refractivity contribution in [2.45, 2.75) is 37.1 Å². The van der Waals surface area contributed by atoms with Crippen LogP contribution in [0.1, 0.15) is 26.2 Å². The third kappa shape index (κ3) is 4.08. The van der Waals surface area contributed by atoms with E-state index >= 15 is 0 Å². The molecule has 2 heterocycles. The van der Waals surface area contributed by atoms with E-state index in [9.17, 15) is 18.0 Å². The maximum atomic E-state index is 12.8. The summed E-state index contributed by atoms with van der Waals surface area (Å²) in [6.45, 7) is 3.20. The highest BCUT2D eigenvalue weighted by molar-refractivity contribution is 7.89. The molecule has 1 aromatic rings. The number of likely N-dealkylation sites (tertiary alicyclic amines) is 1. The largest absolute Gasteiger partial charge is 0.494 e. The first kappa shape index (κ1) is 19.6. The van der Waals surface area contributed by atoms with Crippen molar-refractivity contribution < 1.29 is 27.9 Å². The molecule has 2 fully saturated rings. The molecule has 1 atom stereocenters. The molecule has 0 radical (unpaired) electrons. The number of nitrogens with zero attached hydrogens (tertiary/aromatic N) is 2. The molecular weight excluding hydrogens is 372 g/mol. The van der Waals surface area contributed by atoms with Gasteiger partial charge >= 0.3 is 5.97 Å². The summed E-state index contributed by atoms with van der Waals surface area (Å²) < 4.78 is 32.4. The second-order valence-electron chi connectivity index (χ2n) is 6.83. The summed E-state index contributed by atoms with van der Waals surface area (Å²) in [5.41, 5.74) is 0. The van der Waals surface area contributed by atoms with Gasteiger partial charge in [0.25, 0.3) is 0 Å². The lowest BCUT2D eigenvalue weighted by Crippen LogP contribution is -2.47. The quantitative estimate of drug-likeness (QED) is 0.774. The average molecular weight is 396 g/mol. The molecular formula is C18H24N2O6S. The van der Waals surface area contributed by atoms with Gasteiger partial charge in [-0.2, -0.15) is 4.31 Å². The highest BCUT2D eigenvalue weighted by Crippen LogP contribution is 2.28. The van der Waals surface area contributed by atoms with Crippen LogP contribution >= 0.6 is 0 Å². The van der Waals surface area contributed by atoms with Crippen molar-refractivity contribution in [2.75, 3.05) is 26.2 Å². The Balaban J connectivity index is 1.63. The minimum atomic E-state index is -3.60. The van der Waals surface area contributed by atoms with Crippen molar-refractivity contribution in [1.29, 1.82) is 0 Å². The van der Waals surface area contributed by atoms with Crippen LogP contribution in [-0.4, -0.2) is 66.9 Å². The summed E-state index contributed by atoms with van der Waals surface area (Å²) >= 11 is 0. The van der Waals surface area contributed by atoms with Crippen molar-refractivity contribution in [3.8, 4) is 5.75 Å². The van der Waals surface area contributed by atoms with E-state index in [-0.39, 0.29) is 29.8 Å². The molecule has 1 aromatic carbocycles. The number of ether oxygens (including phenoxy) is 1. The van der Waals surface area contributed by atoms with E-state index in [4.69, 9.17) is 9.84 Å². The Bertz CT molecular complexity index is 800. The lowest BCUT2D eigenvalue weighted by Gasteiger charge is -2.36. The molecule has 27 heavy (non-hydrogen) atoms. The monoisotopic (exact) mass is 396 g/mol. The molecule has 0 saturated carbocycles. The number of hydrogen-bond donors (Lipinski definition) is 1. The topological polar surface area (TPSA) is 104 Å². The van der Waals surface area contributed by atoms with E-state index in [1.807, 2.05) is 6.92 Å². The number of rotatable bonds is 6. The first-order valence-corrected chi connectivity index (χ1v) is 10.5. The Kier molecular flexibility index (Phi) is 5.71. The van der Waals surface area contributed by atoms with Gasteiger partial charge in [0.05, 0.1) is 17.4 Å². The first-order valence-electron chi connectivity index (χ1n) is 9.08. The number of aliphatic carboxylic acids is 1. The summed E-state index contributed by atoms with van der Waals surface area (Å²) in [4.78, 5) is 25.0. The second-order valence-corrected chi connectivity index (χ2v) is 8.76. The molecule has 1 unspecified atom stereocenters. The number of piperidine rings is 1. The van der Waals surface area contributed by atoms with Crippen LogP contribution in [0.5, 0.6) is 5.75 Å². The predicted molar refractivity (Wildman–Crippen MR) is 96.8 cm³/mol. The molecule has 0 aliphatic carbocycles. The lowest BCUT2D eigenvalue weighted by atomic mass is 10.1. The maximum absolute atomic E-state index is 12.8. The van der Waals surface area contributed by atoms with E-state index in [0.717, 1.165) is 0 Å². The zero-order valence-electron chi connectivity index (χ0n) is 15.2. The van der Waals surface area contributed by atoms with E-state index in [1.54, 1.807) is 17.0 Å². The third-order valence-electron chi connectivity index (χ3n) is 5.14. The SMILES string of the molecule is CCOc1ccc(S(=O)(=O)N2CCC(N3CC(C(=O)O)CC3=O)CC2)cc1. The minimum absolute atomic E-state index is 0.0278. The number of sulfonamides is 1. The summed E-state index contributed by atoms with van der Waals surface area (Å²) in [7, 11) is -3.60. The molecule has 3 rings (SSSR count). The van der Waals surface area contributed by atoms with Gasteiger partial charge in [0.15, 0.2) is 0 Å². The zero-order chi connectivity index (χ0) is 19.6. The van der Waals surface area contributed by atoms with Crippen LogP contribution in [0.2, 0.25) is 0 Å². The summed E-state index contributed by atoms with van der Waals surface area (Å²) in [6, 6.07) is 6.24. The van der Waals surface area contributed by atoms with Gasteiger partial charge in [0.1, 0.15) is 5.75 Å². The first-order chi connectivity index (χ1) is 12.8. The van der Waals surface area contributed by atoms with Crippen LogP contribution in [-0.2, 0) is 19.6 Å². The van der Waals surface area contributed by atoms with E-state index in [1.165, 1.54) is 16.4 Å². The number of carbonyl (C=O) groups is 2. The Morgan fingerprint density at radius 2 is 1.85 bits per heavy atom. The molecule has 9 heteroatoms. The standard InChI is InChI=1S/C18H24N2O6S/c1-2-26-15-3-5-16(6-4-15)27(24,25)19-9-7-14(8-10-19)20-12-13(18(22)23)11-17(20)21/h3-6,13-14H,2,7-12H2,1H3,(H,22,23).